The van der Waals surface area contributed by atoms with Gasteiger partial charge in [-0.2, -0.15) is 5.10 Å². The van der Waals surface area contributed by atoms with Gasteiger partial charge in [-0.15, -0.1) is 0 Å². The molecule has 1 aliphatic carbocycles. The number of hydrogen-bond donors (Lipinski definition) is 2. The first-order valence-electron chi connectivity index (χ1n) is 8.38. The molecule has 0 bridgehead atoms. The normalized spacial score (nSPS) is 24.3. The van der Waals surface area contributed by atoms with Gasteiger partial charge in [0.15, 0.2) is 10.9 Å². The minimum atomic E-state index is 0.124. The average Bonchev–Trinajstić information content (AvgIpc) is 2.59. The lowest BCUT2D eigenvalue weighted by Gasteiger charge is -2.45. The number of hydrogen-bond acceptors (Lipinski definition) is 4. The lowest BCUT2D eigenvalue weighted by molar-refractivity contribution is -0.115. The third-order valence-corrected chi connectivity index (χ3v) is 5.21. The van der Waals surface area contributed by atoms with Crippen molar-refractivity contribution < 1.29 is 4.79 Å². The van der Waals surface area contributed by atoms with Gasteiger partial charge in [-0.25, -0.2) is 0 Å². The Balaban J connectivity index is 1.81. The Bertz CT molecular complexity index is 783. The zero-order valence-electron chi connectivity index (χ0n) is 13.4. The van der Waals surface area contributed by atoms with E-state index in [9.17, 15) is 4.79 Å². The van der Waals surface area contributed by atoms with Crippen LogP contribution in [0.1, 0.15) is 42.9 Å². The fraction of sp³-hybridized carbons (Fsp3) is 0.389. The Morgan fingerprint density at radius 2 is 2.12 bits per heavy atom. The molecule has 0 saturated heterocycles. The molecule has 1 aromatic carbocycles. The molecule has 2 heterocycles. The molecule has 0 radical (unpaired) electrons. The Hall–Kier alpha value is -2.21. The fourth-order valence-electron chi connectivity index (χ4n) is 4.15. The minimum Gasteiger partial charge on any atom is -0.375 e. The summed E-state index contributed by atoms with van der Waals surface area (Å²) in [6, 6.07) is 8.82. The number of allylic oxidation sites excluding steroid dienone is 2. The Morgan fingerprint density at radius 3 is 2.96 bits per heavy atom. The highest BCUT2D eigenvalue weighted by atomic mass is 32.1. The lowest BCUT2D eigenvalue weighted by Crippen LogP contribution is -2.43. The quantitative estimate of drug-likeness (QED) is 0.606. The van der Waals surface area contributed by atoms with Crippen molar-refractivity contribution in [3.05, 3.63) is 46.7 Å². The number of benzene rings is 1. The Morgan fingerprint density at radius 1 is 1.29 bits per heavy atom. The maximum atomic E-state index is 12.5. The van der Waals surface area contributed by atoms with E-state index in [0.29, 0.717) is 12.8 Å². The van der Waals surface area contributed by atoms with E-state index in [4.69, 9.17) is 18.0 Å². The van der Waals surface area contributed by atoms with Crippen molar-refractivity contribution in [2.24, 2.45) is 10.8 Å². The third kappa shape index (κ3) is 2.51. The predicted molar refractivity (Wildman–Crippen MR) is 97.5 cm³/mol. The second kappa shape index (κ2) is 6.02. The third-order valence-electron chi connectivity index (χ3n) is 5.12. The largest absolute Gasteiger partial charge is 0.375 e. The van der Waals surface area contributed by atoms with Crippen LogP contribution in [-0.2, 0) is 11.2 Å². The molecule has 3 N–H and O–H groups in total. The van der Waals surface area contributed by atoms with Crippen LogP contribution >= 0.6 is 12.2 Å². The molecule has 1 atom stereocenters. The van der Waals surface area contributed by atoms with Gasteiger partial charge in [0.2, 0.25) is 0 Å². The smallest absolute Gasteiger partial charge is 0.184 e. The zero-order valence-corrected chi connectivity index (χ0v) is 14.2. The summed E-state index contributed by atoms with van der Waals surface area (Å²) in [4.78, 5) is 15.0. The van der Waals surface area contributed by atoms with E-state index in [1.807, 2.05) is 0 Å². The van der Waals surface area contributed by atoms with Gasteiger partial charge in [-0.3, -0.25) is 10.2 Å². The van der Waals surface area contributed by atoms with Crippen molar-refractivity contribution in [3.63, 3.8) is 0 Å². The molecule has 0 saturated carbocycles. The van der Waals surface area contributed by atoms with Crippen LogP contribution in [-0.4, -0.2) is 28.1 Å². The molecule has 24 heavy (non-hydrogen) atoms. The first kappa shape index (κ1) is 15.3. The molecular formula is C18H20N4OS. The van der Waals surface area contributed by atoms with Crippen molar-refractivity contribution in [2.75, 3.05) is 6.54 Å². The summed E-state index contributed by atoms with van der Waals surface area (Å²) in [5.41, 5.74) is 13.7. The van der Waals surface area contributed by atoms with Crippen molar-refractivity contribution in [2.45, 2.75) is 38.1 Å². The van der Waals surface area contributed by atoms with Gasteiger partial charge >= 0.3 is 0 Å². The van der Waals surface area contributed by atoms with Crippen LogP contribution in [0, 0.1) is 0 Å². The van der Waals surface area contributed by atoms with Gasteiger partial charge in [0, 0.05) is 25.1 Å². The van der Waals surface area contributed by atoms with Gasteiger partial charge in [0.05, 0.1) is 17.3 Å². The van der Waals surface area contributed by atoms with E-state index < -0.39 is 0 Å². The first-order valence-corrected chi connectivity index (χ1v) is 8.79. The number of carbonyl (C=O) groups excluding carboxylic acids is 1. The average molecular weight is 340 g/mol. The summed E-state index contributed by atoms with van der Waals surface area (Å²) in [6.45, 7) is 0.962. The second-order valence-corrected chi connectivity index (χ2v) is 6.93. The number of fused-ring (bicyclic) bond motifs is 4. The summed E-state index contributed by atoms with van der Waals surface area (Å²) in [6.07, 6.45) is 4.18. The number of rotatable bonds is 1. The number of Topliss-reactive ketones (excluding diaryl/α,β-unsaturated/α-hetero) is 1. The van der Waals surface area contributed by atoms with E-state index in [1.165, 1.54) is 11.1 Å². The van der Waals surface area contributed by atoms with Gasteiger partial charge in [0.25, 0.3) is 0 Å². The zero-order chi connectivity index (χ0) is 16.7. The number of nitrogens with two attached hydrogens (primary N) is 1. The summed E-state index contributed by atoms with van der Waals surface area (Å²) in [5.74, 6) is 0.192. The SMILES string of the molecule is NC(=S)NN=C1CC2c3ccccc3CCN2C2=C1C(=O)CCC2. The van der Waals surface area contributed by atoms with Crippen LogP contribution in [0.2, 0.25) is 0 Å². The predicted octanol–water partition coefficient (Wildman–Crippen LogP) is 2.19. The van der Waals surface area contributed by atoms with Crippen molar-refractivity contribution >= 4 is 28.8 Å². The summed E-state index contributed by atoms with van der Waals surface area (Å²) in [7, 11) is 0. The van der Waals surface area contributed by atoms with Gasteiger partial charge in [0.1, 0.15) is 0 Å². The number of nitrogens with one attached hydrogen (secondary N) is 1. The van der Waals surface area contributed by atoms with Crippen LogP contribution < -0.4 is 11.2 Å². The maximum absolute atomic E-state index is 12.5. The monoisotopic (exact) mass is 340 g/mol. The van der Waals surface area contributed by atoms with Crippen molar-refractivity contribution in [1.29, 1.82) is 0 Å². The molecule has 0 amide bonds. The molecule has 0 spiro atoms. The van der Waals surface area contributed by atoms with Crippen LogP contribution in [0.25, 0.3) is 0 Å². The molecule has 2 aliphatic heterocycles. The minimum absolute atomic E-state index is 0.124. The van der Waals surface area contributed by atoms with Gasteiger partial charge in [-0.1, -0.05) is 24.3 Å². The molecule has 124 valence electrons. The highest BCUT2D eigenvalue weighted by molar-refractivity contribution is 7.80. The number of carbonyl (C=O) groups is 1. The van der Waals surface area contributed by atoms with Crippen LogP contribution in [0.15, 0.2) is 40.6 Å². The Labute approximate surface area is 146 Å². The van der Waals surface area contributed by atoms with E-state index in [0.717, 1.165) is 42.8 Å². The molecule has 1 unspecified atom stereocenters. The van der Waals surface area contributed by atoms with E-state index in [1.54, 1.807) is 0 Å². The van der Waals surface area contributed by atoms with Crippen molar-refractivity contribution in [1.82, 2.24) is 10.3 Å². The molecular weight excluding hydrogens is 320 g/mol. The number of ketones is 1. The molecule has 4 rings (SSSR count). The van der Waals surface area contributed by atoms with Gasteiger partial charge in [-0.05, 0) is 42.6 Å². The second-order valence-electron chi connectivity index (χ2n) is 6.50. The molecule has 6 heteroatoms. The molecule has 3 aliphatic rings. The number of thiocarbonyl (C=S) groups is 1. The standard InChI is InChI=1S/C18H20N4OS/c19-18(24)21-20-13-10-15-12-5-2-1-4-11(12)8-9-22(15)14-6-3-7-16(23)17(13)14/h1-2,4-5,15H,3,6-10H2,(H3,19,21,24). The number of hydrazone groups is 1. The van der Waals surface area contributed by atoms with Crippen LogP contribution in [0.4, 0.5) is 0 Å². The highest BCUT2D eigenvalue weighted by Gasteiger charge is 2.39. The summed E-state index contributed by atoms with van der Waals surface area (Å²) >= 11 is 4.87. The fourth-order valence-corrected chi connectivity index (χ4v) is 4.19. The van der Waals surface area contributed by atoms with Crippen LogP contribution in [0.3, 0.4) is 0 Å². The summed E-state index contributed by atoms with van der Waals surface area (Å²) in [5, 5.41) is 4.50. The lowest BCUT2D eigenvalue weighted by atomic mass is 9.79. The molecule has 0 fully saturated rings. The van der Waals surface area contributed by atoms with E-state index >= 15 is 0 Å². The molecule has 5 nitrogen and oxygen atoms in total. The maximum Gasteiger partial charge on any atom is 0.184 e. The van der Waals surface area contributed by atoms with Crippen molar-refractivity contribution in [3.8, 4) is 0 Å². The highest BCUT2D eigenvalue weighted by Crippen LogP contribution is 2.43. The number of nitrogens with zero attached hydrogens (tertiary/aromatic N) is 2. The molecule has 1 aromatic rings. The van der Waals surface area contributed by atoms with Gasteiger partial charge < -0.3 is 10.6 Å². The molecule has 0 aromatic heterocycles. The van der Waals surface area contributed by atoms with E-state index in [2.05, 4.69) is 39.7 Å². The topological polar surface area (TPSA) is 70.7 Å². The van der Waals surface area contributed by atoms with E-state index in [-0.39, 0.29) is 16.9 Å². The first-order chi connectivity index (χ1) is 11.6. The Kier molecular flexibility index (Phi) is 3.84. The summed E-state index contributed by atoms with van der Waals surface area (Å²) < 4.78 is 0. The van der Waals surface area contributed by atoms with Crippen LogP contribution in [0.5, 0.6) is 0 Å².